The van der Waals surface area contributed by atoms with Crippen molar-refractivity contribution in [1.29, 1.82) is 0 Å². The van der Waals surface area contributed by atoms with Gasteiger partial charge in [0.1, 0.15) is 0 Å². The number of terminal acetylenes is 1. The molecule has 1 fully saturated rings. The molecule has 4 rings (SSSR count). The first kappa shape index (κ1) is 17.3. The zero-order chi connectivity index (χ0) is 18.0. The van der Waals surface area contributed by atoms with E-state index in [0.29, 0.717) is 17.5 Å². The maximum Gasteiger partial charge on any atom is 0.224 e. The molecule has 0 radical (unpaired) electrons. The van der Waals surface area contributed by atoms with Crippen molar-refractivity contribution < 1.29 is 4.79 Å². The van der Waals surface area contributed by atoms with Crippen molar-refractivity contribution in [2.45, 2.75) is 32.2 Å². The first-order valence-electron chi connectivity index (χ1n) is 8.34. The van der Waals surface area contributed by atoms with Crippen LogP contribution >= 0.6 is 11.6 Å². The van der Waals surface area contributed by atoms with E-state index in [9.17, 15) is 4.79 Å². The lowest BCUT2D eigenvalue weighted by Crippen LogP contribution is -2.29. The lowest BCUT2D eigenvalue weighted by Gasteiger charge is -2.26. The Morgan fingerprint density at radius 2 is 1.80 bits per heavy atom. The van der Waals surface area contributed by atoms with Crippen molar-refractivity contribution in [2.24, 2.45) is 0 Å². The molecule has 0 aromatic heterocycles. The molecule has 1 aliphatic carbocycles. The number of carbonyl (C=O) groups is 1. The van der Waals surface area contributed by atoms with E-state index in [-0.39, 0.29) is 5.91 Å². The second-order valence-electron chi connectivity index (χ2n) is 6.37. The van der Waals surface area contributed by atoms with Gasteiger partial charge >= 0.3 is 0 Å². The van der Waals surface area contributed by atoms with Crippen molar-refractivity contribution in [3.05, 3.63) is 63.7 Å². The van der Waals surface area contributed by atoms with Crippen LogP contribution in [0.3, 0.4) is 0 Å². The monoisotopic (exact) mass is 349 g/mol. The Bertz CT molecular complexity index is 862. The van der Waals surface area contributed by atoms with Crippen molar-refractivity contribution >= 4 is 35.3 Å². The van der Waals surface area contributed by atoms with Gasteiger partial charge in [-0.1, -0.05) is 42.0 Å². The summed E-state index contributed by atoms with van der Waals surface area (Å²) in [5, 5.41) is 0.682. The number of hydrogen-bond donors (Lipinski definition) is 0. The molecule has 2 aromatic carbocycles. The van der Waals surface area contributed by atoms with Crippen LogP contribution in [0.2, 0.25) is 5.02 Å². The number of anilines is 1. The maximum atomic E-state index is 12.2. The van der Waals surface area contributed by atoms with E-state index in [1.807, 2.05) is 29.2 Å². The minimum atomic E-state index is 0.0478. The van der Waals surface area contributed by atoms with Crippen LogP contribution in [0, 0.1) is 12.8 Å². The average molecular weight is 350 g/mol. The Labute approximate surface area is 154 Å². The van der Waals surface area contributed by atoms with Crippen LogP contribution in [0.4, 0.5) is 5.69 Å². The number of halogens is 1. The van der Waals surface area contributed by atoms with Crippen LogP contribution in [0.5, 0.6) is 0 Å². The third-order valence-corrected chi connectivity index (χ3v) is 4.88. The van der Waals surface area contributed by atoms with Crippen molar-refractivity contribution in [3.8, 4) is 12.8 Å². The Morgan fingerprint density at radius 3 is 2.48 bits per heavy atom. The Kier molecular flexibility index (Phi) is 4.97. The molecule has 1 amide bonds. The molecule has 2 aliphatic rings. The van der Waals surface area contributed by atoms with E-state index in [4.69, 9.17) is 11.6 Å². The van der Waals surface area contributed by atoms with Gasteiger partial charge in [-0.2, -0.15) is 0 Å². The normalized spacial score (nSPS) is 16.4. The third-order valence-electron chi connectivity index (χ3n) is 4.65. The molecule has 1 saturated carbocycles. The maximum absolute atomic E-state index is 12.2. The van der Waals surface area contributed by atoms with Gasteiger partial charge in [-0.15, -0.1) is 12.8 Å². The fourth-order valence-corrected chi connectivity index (χ4v) is 3.40. The van der Waals surface area contributed by atoms with Gasteiger partial charge in [0.15, 0.2) is 0 Å². The highest BCUT2D eigenvalue weighted by Crippen LogP contribution is 2.41. The lowest BCUT2D eigenvalue weighted by atomic mass is 9.97. The van der Waals surface area contributed by atoms with Crippen LogP contribution in [0.25, 0.3) is 12.2 Å². The molecule has 0 unspecified atom stereocenters. The number of fused-ring (bicyclic) bond motifs is 2. The summed E-state index contributed by atoms with van der Waals surface area (Å²) < 4.78 is 0. The highest BCUT2D eigenvalue weighted by atomic mass is 35.5. The minimum absolute atomic E-state index is 0.0478. The van der Waals surface area contributed by atoms with Gasteiger partial charge in [-0.3, -0.25) is 4.79 Å². The van der Waals surface area contributed by atoms with Gasteiger partial charge in [0.05, 0.1) is 12.2 Å². The second-order valence-corrected chi connectivity index (χ2v) is 6.81. The number of rotatable bonds is 1. The average Bonchev–Trinajstić information content (AvgIpc) is 3.43. The molecule has 0 N–H and O–H groups in total. The molecule has 1 heterocycles. The Morgan fingerprint density at radius 1 is 1.08 bits per heavy atom. The molecule has 1 aliphatic heterocycles. The zero-order valence-electron chi connectivity index (χ0n) is 14.2. The summed E-state index contributed by atoms with van der Waals surface area (Å²) in [6.07, 6.45) is 14.7. The number of carbonyl (C=O) groups excluding carboxylic acids is 1. The fraction of sp³-hybridized carbons (Fsp3) is 0.227. The summed E-state index contributed by atoms with van der Waals surface area (Å²) in [6, 6.07) is 12.3. The molecule has 0 spiro atoms. The van der Waals surface area contributed by atoms with Crippen molar-refractivity contribution in [1.82, 2.24) is 0 Å². The molecule has 2 nitrogen and oxygen atoms in total. The van der Waals surface area contributed by atoms with Gasteiger partial charge in [0.2, 0.25) is 5.91 Å². The smallest absolute Gasteiger partial charge is 0.224 e. The summed E-state index contributed by atoms with van der Waals surface area (Å²) in [5.41, 5.74) is 5.68. The first-order valence-corrected chi connectivity index (χ1v) is 8.71. The number of nitrogens with zero attached hydrogens (tertiary/aromatic N) is 1. The van der Waals surface area contributed by atoms with Gasteiger partial charge < -0.3 is 4.90 Å². The standard InChI is InChI=1S/C20H18ClNO.C2H2/c1-13(23)22-12-18-10-16(14-2-3-14)6-4-15(18)5-7-17-11-19(21)8-9-20(17)22;1-2/h4-11,14H,2-3,12H2,1H3;1-2H/b7-5-;. The number of benzene rings is 2. The van der Waals surface area contributed by atoms with Crippen LogP contribution in [0.1, 0.15) is 47.9 Å². The number of amides is 1. The van der Waals surface area contributed by atoms with E-state index >= 15 is 0 Å². The third kappa shape index (κ3) is 3.62. The molecule has 0 saturated heterocycles. The van der Waals surface area contributed by atoms with E-state index < -0.39 is 0 Å². The minimum Gasteiger partial charge on any atom is -0.308 e. The summed E-state index contributed by atoms with van der Waals surface area (Å²) in [4.78, 5) is 14.1. The SMILES string of the molecule is C#C.CC(=O)N1Cc2cc(C3CC3)ccc2/C=C\c2cc(Cl)ccc21. The molecule has 25 heavy (non-hydrogen) atoms. The predicted molar refractivity (Wildman–Crippen MR) is 106 cm³/mol. The predicted octanol–water partition coefficient (Wildman–Crippen LogP) is 5.50. The van der Waals surface area contributed by atoms with Crippen molar-refractivity contribution in [3.63, 3.8) is 0 Å². The van der Waals surface area contributed by atoms with E-state index in [1.165, 1.54) is 29.5 Å². The Hall–Kier alpha value is -2.50. The Balaban J connectivity index is 0.000000880. The van der Waals surface area contributed by atoms with Gasteiger partial charge in [-0.05, 0) is 59.2 Å². The summed E-state index contributed by atoms with van der Waals surface area (Å²) >= 11 is 6.12. The lowest BCUT2D eigenvalue weighted by molar-refractivity contribution is -0.116. The quantitative estimate of drug-likeness (QED) is 0.622. The number of hydrogen-bond acceptors (Lipinski definition) is 1. The molecule has 2 aromatic rings. The first-order chi connectivity index (χ1) is 12.1. The van der Waals surface area contributed by atoms with E-state index in [2.05, 4.69) is 37.1 Å². The van der Waals surface area contributed by atoms with Crippen LogP contribution in [0.15, 0.2) is 36.4 Å². The second kappa shape index (κ2) is 7.17. The van der Waals surface area contributed by atoms with Crippen LogP contribution in [-0.4, -0.2) is 5.91 Å². The van der Waals surface area contributed by atoms with E-state index in [1.54, 1.807) is 6.92 Å². The highest BCUT2D eigenvalue weighted by Gasteiger charge is 2.25. The van der Waals surface area contributed by atoms with Gasteiger partial charge in [0, 0.05) is 11.9 Å². The summed E-state index contributed by atoms with van der Waals surface area (Å²) in [5.74, 6) is 0.762. The molecule has 3 heteroatoms. The topological polar surface area (TPSA) is 20.3 Å². The van der Waals surface area contributed by atoms with Crippen molar-refractivity contribution in [2.75, 3.05) is 4.90 Å². The van der Waals surface area contributed by atoms with Crippen LogP contribution in [-0.2, 0) is 11.3 Å². The molecular weight excluding hydrogens is 330 g/mol. The molecule has 0 bridgehead atoms. The molecule has 0 atom stereocenters. The zero-order valence-corrected chi connectivity index (χ0v) is 15.0. The fourth-order valence-electron chi connectivity index (χ4n) is 3.22. The molecule has 126 valence electrons. The highest BCUT2D eigenvalue weighted by molar-refractivity contribution is 6.30. The molecular formula is C22H20ClNO. The largest absolute Gasteiger partial charge is 0.308 e. The summed E-state index contributed by atoms with van der Waals surface area (Å²) in [7, 11) is 0. The van der Waals surface area contributed by atoms with E-state index in [0.717, 1.165) is 11.3 Å². The summed E-state index contributed by atoms with van der Waals surface area (Å²) in [6.45, 7) is 2.22. The van der Waals surface area contributed by atoms with Crippen LogP contribution < -0.4 is 4.90 Å². The van der Waals surface area contributed by atoms with Gasteiger partial charge in [-0.25, -0.2) is 0 Å². The van der Waals surface area contributed by atoms with Gasteiger partial charge in [0.25, 0.3) is 0 Å².